The Labute approximate surface area is 195 Å². The van der Waals surface area contributed by atoms with E-state index < -0.39 is 18.6 Å². The van der Waals surface area contributed by atoms with E-state index in [0.717, 1.165) is 18.4 Å². The van der Waals surface area contributed by atoms with Gasteiger partial charge in [0, 0.05) is 20.1 Å². The number of nitrogens with zero attached hydrogens (tertiary/aromatic N) is 2. The summed E-state index contributed by atoms with van der Waals surface area (Å²) < 4.78 is 36.0. The number of aromatic nitrogens is 1. The maximum Gasteiger partial charge on any atom is 0.387 e. The fraction of sp³-hybridized carbons (Fsp3) is 0.458. The van der Waals surface area contributed by atoms with Crippen molar-refractivity contribution in [2.45, 2.75) is 44.4 Å². The summed E-state index contributed by atoms with van der Waals surface area (Å²) in [6, 6.07) is 9.12. The molecule has 1 aliphatic heterocycles. The van der Waals surface area contributed by atoms with Gasteiger partial charge in [-0.05, 0) is 60.9 Å². The van der Waals surface area contributed by atoms with Gasteiger partial charge in [-0.1, -0.05) is 12.1 Å². The number of halogens is 2. The Morgan fingerprint density at radius 3 is 2.71 bits per heavy atom. The van der Waals surface area contributed by atoms with Crippen molar-refractivity contribution in [3.05, 3.63) is 53.3 Å². The molecule has 182 valence electrons. The van der Waals surface area contributed by atoms with Gasteiger partial charge in [0.15, 0.2) is 11.5 Å². The van der Waals surface area contributed by atoms with Crippen molar-refractivity contribution in [2.75, 3.05) is 20.2 Å². The van der Waals surface area contributed by atoms with E-state index in [0.29, 0.717) is 31.2 Å². The monoisotopic (exact) mass is 475 g/mol. The molecule has 2 atom stereocenters. The van der Waals surface area contributed by atoms with E-state index in [1.165, 1.54) is 13.1 Å². The average molecular weight is 475 g/mol. The molecule has 8 nitrogen and oxygen atoms in total. The summed E-state index contributed by atoms with van der Waals surface area (Å²) in [7, 11) is 1.52. The Morgan fingerprint density at radius 1 is 1.24 bits per heavy atom. The van der Waals surface area contributed by atoms with Gasteiger partial charge in [0.25, 0.3) is 5.91 Å². The van der Waals surface area contributed by atoms with Gasteiger partial charge >= 0.3 is 12.6 Å². The highest BCUT2D eigenvalue weighted by atomic mass is 19.3. The van der Waals surface area contributed by atoms with E-state index in [-0.39, 0.29) is 35.6 Å². The van der Waals surface area contributed by atoms with Crippen LogP contribution in [0.5, 0.6) is 11.5 Å². The molecule has 1 aliphatic carbocycles. The highest BCUT2D eigenvalue weighted by Gasteiger charge is 2.38. The van der Waals surface area contributed by atoms with Crippen LogP contribution in [-0.4, -0.2) is 59.7 Å². The van der Waals surface area contributed by atoms with E-state index in [4.69, 9.17) is 4.74 Å². The summed E-state index contributed by atoms with van der Waals surface area (Å²) in [5.74, 6) is -0.769. The Balaban J connectivity index is 1.52. The lowest BCUT2D eigenvalue weighted by molar-refractivity contribution is -0.142. The fourth-order valence-corrected chi connectivity index (χ4v) is 4.18. The van der Waals surface area contributed by atoms with Crippen LogP contribution >= 0.6 is 0 Å². The molecule has 0 unspecified atom stereocenters. The number of carboxylic acid groups (broad SMARTS) is 1. The van der Waals surface area contributed by atoms with Crippen LogP contribution in [0.2, 0.25) is 0 Å². The van der Waals surface area contributed by atoms with Gasteiger partial charge in [0.05, 0.1) is 12.3 Å². The number of aliphatic carboxylic acids is 1. The Bertz CT molecular complexity index is 1050. The van der Waals surface area contributed by atoms with Gasteiger partial charge < -0.3 is 19.9 Å². The van der Waals surface area contributed by atoms with Crippen LogP contribution in [0.3, 0.4) is 0 Å². The summed E-state index contributed by atoms with van der Waals surface area (Å²) in [4.78, 5) is 30.0. The number of ether oxygens (including phenoxy) is 2. The standard InChI is InChI=1S/C24H27F2N3O5/c1-27-22(30)18-4-2-3-17(28-18)12-29-11-16(9-19(29)23(31)32)15-7-8-20(34-24(25)26)21(10-15)33-13-14-5-6-14/h2-4,7-8,10,14,16,19,24H,5-6,9,11-13H2,1H3,(H,27,30)(H,31,32)/t16-,19-/m1/s1. The van der Waals surface area contributed by atoms with Gasteiger partial charge in [0.2, 0.25) is 0 Å². The van der Waals surface area contributed by atoms with Crippen molar-refractivity contribution in [1.82, 2.24) is 15.2 Å². The first-order valence-corrected chi connectivity index (χ1v) is 11.2. The van der Waals surface area contributed by atoms with Gasteiger partial charge in [-0.25, -0.2) is 4.98 Å². The lowest BCUT2D eigenvalue weighted by Gasteiger charge is -2.21. The molecule has 0 radical (unpaired) electrons. The van der Waals surface area contributed by atoms with Crippen LogP contribution in [0.25, 0.3) is 0 Å². The van der Waals surface area contributed by atoms with E-state index >= 15 is 0 Å². The smallest absolute Gasteiger partial charge is 0.387 e. The van der Waals surface area contributed by atoms with Gasteiger partial charge in [-0.2, -0.15) is 8.78 Å². The number of rotatable bonds is 10. The number of benzene rings is 1. The van der Waals surface area contributed by atoms with Crippen LogP contribution in [0, 0.1) is 5.92 Å². The van der Waals surface area contributed by atoms with Crippen molar-refractivity contribution < 1.29 is 33.0 Å². The molecular formula is C24H27F2N3O5. The lowest BCUT2D eigenvalue weighted by Crippen LogP contribution is -2.35. The van der Waals surface area contributed by atoms with Crippen molar-refractivity contribution in [2.24, 2.45) is 5.92 Å². The minimum atomic E-state index is -2.97. The zero-order valence-corrected chi connectivity index (χ0v) is 18.7. The number of hydrogen-bond acceptors (Lipinski definition) is 6. The molecule has 10 heteroatoms. The zero-order valence-electron chi connectivity index (χ0n) is 18.7. The first-order chi connectivity index (χ1) is 16.3. The summed E-state index contributed by atoms with van der Waals surface area (Å²) in [6.07, 6.45) is 2.46. The molecule has 0 bridgehead atoms. The zero-order chi connectivity index (χ0) is 24.2. The lowest BCUT2D eigenvalue weighted by atomic mass is 9.96. The summed E-state index contributed by atoms with van der Waals surface area (Å²) in [6.45, 7) is -1.84. The Kier molecular flexibility index (Phi) is 7.26. The van der Waals surface area contributed by atoms with Gasteiger partial charge in [-0.3, -0.25) is 14.5 Å². The Morgan fingerprint density at radius 2 is 2.03 bits per heavy atom. The number of amides is 1. The number of likely N-dealkylation sites (tertiary alicyclic amines) is 1. The van der Waals surface area contributed by atoms with Crippen LogP contribution < -0.4 is 14.8 Å². The molecule has 1 amide bonds. The Hall–Kier alpha value is -3.27. The number of carbonyl (C=O) groups is 2. The largest absolute Gasteiger partial charge is 0.489 e. The molecular weight excluding hydrogens is 448 g/mol. The molecule has 1 saturated carbocycles. The van der Waals surface area contributed by atoms with E-state index in [9.17, 15) is 23.5 Å². The molecule has 2 aromatic rings. The van der Waals surface area contributed by atoms with E-state index in [2.05, 4.69) is 15.0 Å². The van der Waals surface area contributed by atoms with Gasteiger partial charge in [0.1, 0.15) is 11.7 Å². The van der Waals surface area contributed by atoms with Gasteiger partial charge in [-0.15, -0.1) is 0 Å². The topological polar surface area (TPSA) is 101 Å². The molecule has 2 fully saturated rings. The second kappa shape index (κ2) is 10.3. The first kappa shape index (κ1) is 23.9. The molecule has 34 heavy (non-hydrogen) atoms. The molecule has 1 saturated heterocycles. The fourth-order valence-electron chi connectivity index (χ4n) is 4.18. The molecule has 4 rings (SSSR count). The highest BCUT2D eigenvalue weighted by molar-refractivity contribution is 5.91. The molecule has 2 heterocycles. The number of alkyl halides is 2. The predicted octanol–water partition coefficient (Wildman–Crippen LogP) is 3.27. The minimum Gasteiger partial charge on any atom is -0.489 e. The summed E-state index contributed by atoms with van der Waals surface area (Å²) in [5.41, 5.74) is 1.64. The van der Waals surface area contributed by atoms with Crippen LogP contribution in [-0.2, 0) is 11.3 Å². The minimum absolute atomic E-state index is 0.0285. The summed E-state index contributed by atoms with van der Waals surface area (Å²) in [5, 5.41) is 12.3. The number of pyridine rings is 1. The quantitative estimate of drug-likeness (QED) is 0.544. The molecule has 1 aromatic carbocycles. The molecule has 2 aliphatic rings. The van der Waals surface area contributed by atoms with Crippen LogP contribution in [0.4, 0.5) is 8.78 Å². The number of carbonyl (C=O) groups excluding carboxylic acids is 1. The van der Waals surface area contributed by atoms with Crippen molar-refractivity contribution in [3.8, 4) is 11.5 Å². The van der Waals surface area contributed by atoms with Crippen molar-refractivity contribution in [1.29, 1.82) is 0 Å². The molecule has 1 aromatic heterocycles. The SMILES string of the molecule is CNC(=O)c1cccc(CN2C[C@H](c3ccc(OC(F)F)c(OCC4CC4)c3)C[C@@H]2C(=O)O)n1. The molecule has 2 N–H and O–H groups in total. The first-order valence-electron chi connectivity index (χ1n) is 11.2. The second-order valence-electron chi connectivity index (χ2n) is 8.65. The number of hydrogen-bond donors (Lipinski definition) is 2. The van der Waals surface area contributed by atoms with E-state index in [1.807, 2.05) is 0 Å². The van der Waals surface area contributed by atoms with Crippen LogP contribution in [0.15, 0.2) is 36.4 Å². The molecule has 0 spiro atoms. The number of nitrogens with one attached hydrogen (secondary N) is 1. The van der Waals surface area contributed by atoms with Crippen molar-refractivity contribution in [3.63, 3.8) is 0 Å². The maximum atomic E-state index is 12.8. The van der Waals surface area contributed by atoms with E-state index in [1.54, 1.807) is 35.2 Å². The normalized spacial score (nSPS) is 20.4. The number of carboxylic acids is 1. The predicted molar refractivity (Wildman–Crippen MR) is 118 cm³/mol. The van der Waals surface area contributed by atoms with Crippen molar-refractivity contribution >= 4 is 11.9 Å². The third-order valence-corrected chi connectivity index (χ3v) is 6.15. The third kappa shape index (κ3) is 5.80. The van der Waals surface area contributed by atoms with Crippen LogP contribution in [0.1, 0.15) is 46.9 Å². The highest BCUT2D eigenvalue weighted by Crippen LogP contribution is 2.39. The second-order valence-corrected chi connectivity index (χ2v) is 8.65. The summed E-state index contributed by atoms with van der Waals surface area (Å²) >= 11 is 0. The average Bonchev–Trinajstić information content (AvgIpc) is 3.55. The third-order valence-electron chi connectivity index (χ3n) is 6.15. The maximum absolute atomic E-state index is 12.8.